The number of H-pyrrole nitrogens is 1. The number of nitrogens with zero attached hydrogens (tertiary/aromatic N) is 3. The summed E-state index contributed by atoms with van der Waals surface area (Å²) in [6, 6.07) is 22.1. The third kappa shape index (κ3) is 5.82. The van der Waals surface area contributed by atoms with Gasteiger partial charge in [0.1, 0.15) is 17.2 Å². The number of benzene rings is 3. The summed E-state index contributed by atoms with van der Waals surface area (Å²) in [4.78, 5) is 33.8. The van der Waals surface area contributed by atoms with E-state index in [-0.39, 0.29) is 11.2 Å². The van der Waals surface area contributed by atoms with Crippen LogP contribution in [-0.4, -0.2) is 25.3 Å². The number of hydrogen-bond acceptors (Lipinski definition) is 6. The number of para-hydroxylation sites is 1. The average molecular weight is 577 g/mol. The van der Waals surface area contributed by atoms with Gasteiger partial charge in [0.2, 0.25) is 0 Å². The number of unbranched alkanes of at least 4 members (excludes halogenated alkanes) is 1. The van der Waals surface area contributed by atoms with Gasteiger partial charge in [-0.05, 0) is 61.9 Å². The van der Waals surface area contributed by atoms with E-state index in [1.54, 1.807) is 4.57 Å². The Hall–Kier alpha value is -4.72. The largest absolute Gasteiger partial charge is 0.487 e. The number of nitrogens with one attached hydrogen (secondary N) is 1. The highest BCUT2D eigenvalue weighted by atomic mass is 16.5. The van der Waals surface area contributed by atoms with Gasteiger partial charge in [-0.15, -0.1) is 0 Å². The summed E-state index contributed by atoms with van der Waals surface area (Å²) in [6.07, 6.45) is 3.90. The van der Waals surface area contributed by atoms with Crippen molar-refractivity contribution in [3.05, 3.63) is 121 Å². The third-order valence-electron chi connectivity index (χ3n) is 8.05. The molecule has 0 radical (unpaired) electrons. The van der Waals surface area contributed by atoms with Crippen molar-refractivity contribution in [1.29, 1.82) is 0 Å². The smallest absolute Gasteiger partial charge is 0.439 e. The number of aromatic nitrogens is 4. The molecule has 1 aliphatic rings. The molecule has 5 aromatic rings. The molecule has 0 saturated carbocycles. The number of hydrogen-bond donors (Lipinski definition) is 1. The van der Waals surface area contributed by atoms with Crippen molar-refractivity contribution in [2.24, 2.45) is 0 Å². The lowest BCUT2D eigenvalue weighted by Gasteiger charge is -2.20. The molecule has 0 bridgehead atoms. The number of aryl methyl sites for hydroxylation is 2. The van der Waals surface area contributed by atoms with Crippen molar-refractivity contribution in [3.8, 4) is 28.3 Å². The Labute approximate surface area is 250 Å². The van der Waals surface area contributed by atoms with Crippen LogP contribution >= 0.6 is 0 Å². The minimum Gasteiger partial charge on any atom is -0.487 e. The van der Waals surface area contributed by atoms with Gasteiger partial charge in [-0.3, -0.25) is 18.9 Å². The Balaban J connectivity index is 1.43. The topological polar surface area (TPSA) is 103 Å². The molecule has 6 rings (SSSR count). The summed E-state index contributed by atoms with van der Waals surface area (Å²) < 4.78 is 12.9. The van der Waals surface area contributed by atoms with Crippen molar-refractivity contribution < 1.29 is 9.26 Å². The van der Waals surface area contributed by atoms with Crippen molar-refractivity contribution in [3.63, 3.8) is 0 Å². The molecule has 43 heavy (non-hydrogen) atoms. The molecule has 0 amide bonds. The molecule has 0 saturated heterocycles. The summed E-state index contributed by atoms with van der Waals surface area (Å²) in [5, 5.41) is 3.97. The van der Waals surface area contributed by atoms with Gasteiger partial charge in [-0.2, -0.15) is 0 Å². The molecule has 0 spiro atoms. The maximum atomic E-state index is 14.3. The minimum atomic E-state index is -0.619. The summed E-state index contributed by atoms with van der Waals surface area (Å²) in [5.41, 5.74) is 6.86. The quantitative estimate of drug-likeness (QED) is 0.222. The van der Waals surface area contributed by atoms with Gasteiger partial charge in [-0.25, -0.2) is 9.78 Å². The van der Waals surface area contributed by atoms with Crippen LogP contribution in [-0.2, 0) is 25.8 Å². The second kappa shape index (κ2) is 11.5. The Morgan fingerprint density at radius 2 is 1.81 bits per heavy atom. The van der Waals surface area contributed by atoms with Gasteiger partial charge in [0.25, 0.3) is 5.56 Å². The number of ether oxygens (including phenoxy) is 1. The van der Waals surface area contributed by atoms with Gasteiger partial charge in [0.05, 0.1) is 12.2 Å². The van der Waals surface area contributed by atoms with E-state index >= 15 is 0 Å². The standard InChI is InChI=1S/C35H36N4O4/c1-5-6-15-30-29(33(40)39(22(2)36-30)21-26-14-10-13-25-20-35(3,4)42-31(25)26)19-23-16-17-27(24-11-8-7-9-12-24)28(18-23)32-37-34(41)43-38-32/h7-14,16-18H,5-6,15,19-21H2,1-4H3,(H,37,38,41). The first-order chi connectivity index (χ1) is 20.7. The molecule has 0 unspecified atom stereocenters. The van der Waals surface area contributed by atoms with Gasteiger partial charge >= 0.3 is 5.76 Å². The lowest BCUT2D eigenvalue weighted by atomic mass is 9.94. The Morgan fingerprint density at radius 3 is 2.56 bits per heavy atom. The molecule has 1 N–H and O–H groups in total. The minimum absolute atomic E-state index is 0.0445. The summed E-state index contributed by atoms with van der Waals surface area (Å²) >= 11 is 0. The fraction of sp³-hybridized carbons (Fsp3) is 0.314. The van der Waals surface area contributed by atoms with Crippen molar-refractivity contribution in [1.82, 2.24) is 19.7 Å². The monoisotopic (exact) mass is 576 g/mol. The first-order valence-electron chi connectivity index (χ1n) is 14.9. The van der Waals surface area contributed by atoms with Crippen LogP contribution in [0.3, 0.4) is 0 Å². The number of fused-ring (bicyclic) bond motifs is 1. The van der Waals surface area contributed by atoms with E-state index in [2.05, 4.69) is 37.0 Å². The predicted octanol–water partition coefficient (Wildman–Crippen LogP) is 6.26. The number of aromatic amines is 1. The van der Waals surface area contributed by atoms with Crippen LogP contribution in [0.2, 0.25) is 0 Å². The van der Waals surface area contributed by atoms with E-state index in [1.165, 1.54) is 0 Å². The highest BCUT2D eigenvalue weighted by Gasteiger charge is 2.32. The maximum Gasteiger partial charge on any atom is 0.439 e. The molecule has 220 valence electrons. The molecular formula is C35H36N4O4. The SMILES string of the molecule is CCCCc1nc(C)n(Cc2cccc3c2OC(C)(C)C3)c(=O)c1Cc1ccc(-c2ccccc2)c(-c2noc(=O)[nH]2)c1. The molecule has 3 aromatic carbocycles. The van der Waals surface area contributed by atoms with Crippen LogP contribution in [0, 0.1) is 6.92 Å². The van der Waals surface area contributed by atoms with Crippen LogP contribution in [0.5, 0.6) is 5.75 Å². The van der Waals surface area contributed by atoms with E-state index < -0.39 is 5.76 Å². The highest BCUT2D eigenvalue weighted by molar-refractivity contribution is 5.81. The van der Waals surface area contributed by atoms with E-state index in [0.29, 0.717) is 30.2 Å². The second-order valence-corrected chi connectivity index (χ2v) is 11.9. The van der Waals surface area contributed by atoms with Crippen molar-refractivity contribution in [2.45, 2.75) is 71.9 Å². The van der Waals surface area contributed by atoms with Gasteiger partial charge in [-0.1, -0.05) is 79.2 Å². The first kappa shape index (κ1) is 28.4. The van der Waals surface area contributed by atoms with Gasteiger partial charge in [0, 0.05) is 29.5 Å². The molecule has 8 nitrogen and oxygen atoms in total. The fourth-order valence-electron chi connectivity index (χ4n) is 5.96. The molecule has 8 heteroatoms. The molecule has 0 fully saturated rings. The molecule has 0 atom stereocenters. The van der Waals surface area contributed by atoms with E-state index in [9.17, 15) is 9.59 Å². The van der Waals surface area contributed by atoms with Gasteiger partial charge in [0.15, 0.2) is 5.82 Å². The second-order valence-electron chi connectivity index (χ2n) is 11.9. The summed E-state index contributed by atoms with van der Waals surface area (Å²) in [5.74, 6) is 1.29. The predicted molar refractivity (Wildman–Crippen MR) is 167 cm³/mol. The number of rotatable bonds is 9. The van der Waals surface area contributed by atoms with Crippen LogP contribution in [0.25, 0.3) is 22.5 Å². The maximum absolute atomic E-state index is 14.3. The van der Waals surface area contributed by atoms with E-state index in [0.717, 1.165) is 70.5 Å². The highest BCUT2D eigenvalue weighted by Crippen LogP contribution is 2.38. The van der Waals surface area contributed by atoms with Crippen molar-refractivity contribution in [2.75, 3.05) is 0 Å². The molecular weight excluding hydrogens is 540 g/mol. The Bertz CT molecular complexity index is 1900. The summed E-state index contributed by atoms with van der Waals surface area (Å²) in [7, 11) is 0. The molecule has 3 heterocycles. The molecule has 1 aliphatic heterocycles. The van der Waals surface area contributed by atoms with Crippen LogP contribution in [0.15, 0.2) is 80.8 Å². The zero-order valence-electron chi connectivity index (χ0n) is 25.1. The molecule has 0 aliphatic carbocycles. The van der Waals surface area contributed by atoms with Crippen LogP contribution in [0.1, 0.15) is 67.4 Å². The molecule has 2 aromatic heterocycles. The van der Waals surface area contributed by atoms with Gasteiger partial charge < -0.3 is 4.74 Å². The normalized spacial score (nSPS) is 13.6. The van der Waals surface area contributed by atoms with E-state index in [1.807, 2.05) is 67.6 Å². The first-order valence-corrected chi connectivity index (χ1v) is 14.9. The lowest BCUT2D eigenvalue weighted by Crippen LogP contribution is -2.30. The van der Waals surface area contributed by atoms with Crippen LogP contribution < -0.4 is 16.1 Å². The van der Waals surface area contributed by atoms with E-state index in [4.69, 9.17) is 14.2 Å². The zero-order valence-corrected chi connectivity index (χ0v) is 25.1. The van der Waals surface area contributed by atoms with Crippen LogP contribution in [0.4, 0.5) is 0 Å². The average Bonchev–Trinajstić information content (AvgIpc) is 3.57. The van der Waals surface area contributed by atoms with Crippen molar-refractivity contribution >= 4 is 0 Å². The summed E-state index contributed by atoms with van der Waals surface area (Å²) in [6.45, 7) is 8.60. The lowest BCUT2D eigenvalue weighted by molar-refractivity contribution is 0.137. The fourth-order valence-corrected chi connectivity index (χ4v) is 5.96. The zero-order chi connectivity index (χ0) is 30.1. The Morgan fingerprint density at radius 1 is 1.00 bits per heavy atom. The Kier molecular flexibility index (Phi) is 7.61. The third-order valence-corrected chi connectivity index (χ3v) is 8.05.